The largest absolute Gasteiger partial charge is 0.493 e. The maximum Gasteiger partial charge on any atom is 0.226 e. The van der Waals surface area contributed by atoms with Crippen molar-refractivity contribution in [3.8, 4) is 34.3 Å². The smallest absolute Gasteiger partial charge is 0.226 e. The molecule has 5 rings (SSSR count). The molecule has 0 aliphatic rings. The number of anilines is 1. The molecule has 0 amide bonds. The first-order valence-electron chi connectivity index (χ1n) is 10.5. The minimum Gasteiger partial charge on any atom is -0.493 e. The Morgan fingerprint density at radius 1 is 1.00 bits per heavy atom. The van der Waals surface area contributed by atoms with Crippen LogP contribution in [0.5, 0.6) is 11.5 Å². The van der Waals surface area contributed by atoms with Crippen molar-refractivity contribution >= 4 is 17.9 Å². The maximum absolute atomic E-state index is 11.3. The lowest BCUT2D eigenvalue weighted by Crippen LogP contribution is -2.08. The molecular formula is C25H21N5O4. The quantitative estimate of drug-likeness (QED) is 0.341. The summed E-state index contributed by atoms with van der Waals surface area (Å²) in [5.74, 6) is 2.78. The van der Waals surface area contributed by atoms with E-state index in [9.17, 15) is 4.79 Å². The van der Waals surface area contributed by atoms with Crippen molar-refractivity contribution in [1.82, 2.24) is 19.6 Å². The Labute approximate surface area is 195 Å². The average molecular weight is 455 g/mol. The molecule has 0 atom stereocenters. The molecule has 0 aliphatic carbocycles. The molecule has 3 heterocycles. The van der Waals surface area contributed by atoms with Crippen molar-refractivity contribution in [1.29, 1.82) is 0 Å². The first-order chi connectivity index (χ1) is 16.7. The molecule has 5 aromatic rings. The van der Waals surface area contributed by atoms with E-state index in [0.29, 0.717) is 52.5 Å². The molecule has 0 aliphatic heterocycles. The average Bonchev–Trinajstić information content (AvgIpc) is 3.57. The molecule has 0 saturated heterocycles. The highest BCUT2D eigenvalue weighted by Crippen LogP contribution is 2.28. The molecule has 0 unspecified atom stereocenters. The predicted molar refractivity (Wildman–Crippen MR) is 126 cm³/mol. The van der Waals surface area contributed by atoms with Gasteiger partial charge in [0.1, 0.15) is 6.29 Å². The van der Waals surface area contributed by atoms with Crippen LogP contribution in [0, 0.1) is 0 Å². The number of nitrogens with zero attached hydrogens (tertiary/aromatic N) is 4. The number of nitrogens with one attached hydrogen (secondary N) is 1. The highest BCUT2D eigenvalue weighted by molar-refractivity contribution is 5.79. The summed E-state index contributed by atoms with van der Waals surface area (Å²) in [5, 5.41) is 7.93. The zero-order chi connectivity index (χ0) is 23.5. The second kappa shape index (κ2) is 9.07. The number of aromatic nitrogens is 4. The number of benzene rings is 2. The summed E-state index contributed by atoms with van der Waals surface area (Å²) in [6.07, 6.45) is 2.39. The number of carbonyl (C=O) groups excluding carboxylic acids is 1. The molecule has 0 fully saturated rings. The number of carbonyl (C=O) groups is 1. The van der Waals surface area contributed by atoms with Crippen LogP contribution in [0.2, 0.25) is 0 Å². The van der Waals surface area contributed by atoms with Crippen LogP contribution >= 0.6 is 0 Å². The highest BCUT2D eigenvalue weighted by Gasteiger charge is 2.15. The van der Waals surface area contributed by atoms with Gasteiger partial charge in [0, 0.05) is 23.7 Å². The molecule has 3 aromatic heterocycles. The van der Waals surface area contributed by atoms with Crippen LogP contribution in [0.4, 0.5) is 5.95 Å². The zero-order valence-corrected chi connectivity index (χ0v) is 18.6. The second-order valence-electron chi connectivity index (χ2n) is 7.43. The third-order valence-electron chi connectivity index (χ3n) is 5.28. The molecule has 0 bridgehead atoms. The molecule has 170 valence electrons. The van der Waals surface area contributed by atoms with Gasteiger partial charge in [0.05, 0.1) is 26.2 Å². The number of rotatable bonds is 8. The molecule has 9 nitrogen and oxygen atoms in total. The number of hydrogen-bond donors (Lipinski definition) is 1. The standard InChI is InChI=1S/C25H21N5O4/c1-32-20-9-8-16(12-22(20)33-2)14-26-25-27-19(18-6-3-5-17(11-18)15-31)13-23-28-24(29-30(23)25)21-7-4-10-34-21/h3-13,15H,14H2,1-2H3,(H,26,27). The van der Waals surface area contributed by atoms with Crippen LogP contribution < -0.4 is 14.8 Å². The lowest BCUT2D eigenvalue weighted by Gasteiger charge is -2.12. The number of fused-ring (bicyclic) bond motifs is 1. The molecule has 34 heavy (non-hydrogen) atoms. The summed E-state index contributed by atoms with van der Waals surface area (Å²) in [6, 6.07) is 18.3. The lowest BCUT2D eigenvalue weighted by atomic mass is 10.1. The van der Waals surface area contributed by atoms with Gasteiger partial charge in [-0.25, -0.2) is 9.97 Å². The summed E-state index contributed by atoms with van der Waals surface area (Å²) in [5.41, 5.74) is 3.57. The van der Waals surface area contributed by atoms with Crippen molar-refractivity contribution in [3.05, 3.63) is 78.1 Å². The Bertz CT molecular complexity index is 1460. The van der Waals surface area contributed by atoms with Crippen LogP contribution in [-0.4, -0.2) is 40.1 Å². The normalized spacial score (nSPS) is 10.9. The third-order valence-corrected chi connectivity index (χ3v) is 5.28. The monoisotopic (exact) mass is 455 g/mol. The van der Waals surface area contributed by atoms with Gasteiger partial charge in [-0.2, -0.15) is 4.52 Å². The van der Waals surface area contributed by atoms with Crippen molar-refractivity contribution in [2.24, 2.45) is 0 Å². The van der Waals surface area contributed by atoms with Crippen LogP contribution in [0.25, 0.3) is 28.5 Å². The number of hydrogen-bond acceptors (Lipinski definition) is 8. The van der Waals surface area contributed by atoms with Gasteiger partial charge in [-0.05, 0) is 35.9 Å². The van der Waals surface area contributed by atoms with E-state index in [0.717, 1.165) is 17.4 Å². The number of furan rings is 1. The fourth-order valence-electron chi connectivity index (χ4n) is 3.60. The lowest BCUT2D eigenvalue weighted by molar-refractivity contribution is 0.112. The van der Waals surface area contributed by atoms with Crippen LogP contribution in [0.15, 0.2) is 71.3 Å². The topological polar surface area (TPSA) is 104 Å². The Morgan fingerprint density at radius 2 is 1.88 bits per heavy atom. The Kier molecular flexibility index (Phi) is 5.65. The van der Waals surface area contributed by atoms with Gasteiger partial charge in [0.25, 0.3) is 0 Å². The van der Waals surface area contributed by atoms with E-state index in [-0.39, 0.29) is 0 Å². The third kappa shape index (κ3) is 4.06. The summed E-state index contributed by atoms with van der Waals surface area (Å²) in [7, 11) is 3.20. The summed E-state index contributed by atoms with van der Waals surface area (Å²) >= 11 is 0. The molecule has 0 radical (unpaired) electrons. The maximum atomic E-state index is 11.3. The minimum atomic E-state index is 0.444. The van der Waals surface area contributed by atoms with Crippen LogP contribution in [0.3, 0.4) is 0 Å². The van der Waals surface area contributed by atoms with Gasteiger partial charge in [0.2, 0.25) is 11.8 Å². The van der Waals surface area contributed by atoms with Gasteiger partial charge in [-0.15, -0.1) is 5.10 Å². The fraction of sp³-hybridized carbons (Fsp3) is 0.120. The van der Waals surface area contributed by atoms with Gasteiger partial charge in [0.15, 0.2) is 22.9 Å². The van der Waals surface area contributed by atoms with Gasteiger partial charge in [-0.3, -0.25) is 4.79 Å². The van der Waals surface area contributed by atoms with E-state index in [4.69, 9.17) is 18.9 Å². The fourth-order valence-corrected chi connectivity index (χ4v) is 3.60. The van der Waals surface area contributed by atoms with E-state index < -0.39 is 0 Å². The SMILES string of the molecule is COc1ccc(CNc2nc(-c3cccc(C=O)c3)cc3nc(-c4ccco4)nn23)cc1OC. The van der Waals surface area contributed by atoms with E-state index in [1.807, 2.05) is 36.4 Å². The van der Waals surface area contributed by atoms with Gasteiger partial charge in [-0.1, -0.05) is 24.3 Å². The summed E-state index contributed by atoms with van der Waals surface area (Å²) < 4.78 is 17.8. The van der Waals surface area contributed by atoms with Gasteiger partial charge >= 0.3 is 0 Å². The Morgan fingerprint density at radius 3 is 2.65 bits per heavy atom. The first-order valence-corrected chi connectivity index (χ1v) is 10.5. The molecule has 2 aromatic carbocycles. The van der Waals surface area contributed by atoms with Crippen molar-refractivity contribution < 1.29 is 18.7 Å². The van der Waals surface area contributed by atoms with Crippen molar-refractivity contribution in [3.63, 3.8) is 0 Å². The number of methoxy groups -OCH3 is 2. The van der Waals surface area contributed by atoms with Crippen molar-refractivity contribution in [2.75, 3.05) is 19.5 Å². The Hall–Kier alpha value is -4.66. The zero-order valence-electron chi connectivity index (χ0n) is 18.6. The molecule has 0 saturated carbocycles. The second-order valence-corrected chi connectivity index (χ2v) is 7.43. The summed E-state index contributed by atoms with van der Waals surface area (Å²) in [4.78, 5) is 20.7. The molecule has 0 spiro atoms. The highest BCUT2D eigenvalue weighted by atomic mass is 16.5. The first kappa shape index (κ1) is 21.2. The minimum absolute atomic E-state index is 0.444. The number of aldehydes is 1. The Balaban J connectivity index is 1.56. The summed E-state index contributed by atoms with van der Waals surface area (Å²) in [6.45, 7) is 0.455. The number of ether oxygens (including phenoxy) is 2. The van der Waals surface area contributed by atoms with E-state index in [2.05, 4.69) is 15.4 Å². The van der Waals surface area contributed by atoms with Gasteiger partial charge < -0.3 is 19.2 Å². The van der Waals surface area contributed by atoms with E-state index in [1.54, 1.807) is 49.3 Å². The van der Waals surface area contributed by atoms with Crippen molar-refractivity contribution in [2.45, 2.75) is 6.54 Å². The van der Waals surface area contributed by atoms with Crippen LogP contribution in [0.1, 0.15) is 15.9 Å². The molecule has 9 heteroatoms. The van der Waals surface area contributed by atoms with E-state index in [1.165, 1.54) is 0 Å². The van der Waals surface area contributed by atoms with Crippen LogP contribution in [-0.2, 0) is 6.54 Å². The van der Waals surface area contributed by atoms with E-state index >= 15 is 0 Å². The molecular weight excluding hydrogens is 434 g/mol. The predicted octanol–water partition coefficient (Wildman–Crippen LogP) is 4.49. The molecule has 1 N–H and O–H groups in total.